The van der Waals surface area contributed by atoms with E-state index < -0.39 is 0 Å². The fourth-order valence-electron chi connectivity index (χ4n) is 1.37. The third kappa shape index (κ3) is 5.04. The van der Waals surface area contributed by atoms with E-state index in [2.05, 4.69) is 54.8 Å². The van der Waals surface area contributed by atoms with Gasteiger partial charge < -0.3 is 5.32 Å². The summed E-state index contributed by atoms with van der Waals surface area (Å²) in [5.41, 5.74) is 0. The second-order valence-electron chi connectivity index (χ2n) is 5.24. The first-order valence-corrected chi connectivity index (χ1v) is 7.18. The van der Waals surface area contributed by atoms with Gasteiger partial charge in [0.2, 0.25) is 0 Å². The fraction of sp³-hybridized carbons (Fsp3) is 0.909. The van der Waals surface area contributed by atoms with Crippen molar-refractivity contribution in [1.29, 1.82) is 0 Å². The van der Waals surface area contributed by atoms with Crippen molar-refractivity contribution >= 4 is 11.8 Å². The van der Waals surface area contributed by atoms with Crippen molar-refractivity contribution in [3.63, 3.8) is 0 Å². The van der Waals surface area contributed by atoms with E-state index in [-0.39, 0.29) is 4.75 Å². The quantitative estimate of drug-likeness (QED) is 0.803. The summed E-state index contributed by atoms with van der Waals surface area (Å²) in [5.74, 6) is 1.55. The highest BCUT2D eigenvalue weighted by Crippen LogP contribution is 2.23. The molecule has 0 unspecified atom stereocenters. The maximum atomic E-state index is 4.06. The summed E-state index contributed by atoms with van der Waals surface area (Å²) in [7, 11) is 0. The highest BCUT2D eigenvalue weighted by molar-refractivity contribution is 7.99. The van der Waals surface area contributed by atoms with Gasteiger partial charge in [-0.3, -0.25) is 0 Å². The number of hydrogen-bond donors (Lipinski definition) is 1. The van der Waals surface area contributed by atoms with Crippen LogP contribution in [0.2, 0.25) is 0 Å². The van der Waals surface area contributed by atoms with Crippen LogP contribution in [0.3, 0.4) is 0 Å². The number of nitrogens with one attached hydrogen (secondary N) is 1. The smallest absolute Gasteiger partial charge is 0.165 e. The van der Waals surface area contributed by atoms with Gasteiger partial charge in [-0.05, 0) is 43.0 Å². The first-order valence-electron chi connectivity index (χ1n) is 5.95. The second-order valence-corrected chi connectivity index (χ2v) is 6.75. The van der Waals surface area contributed by atoms with Crippen LogP contribution in [0.4, 0.5) is 0 Å². The minimum Gasteiger partial charge on any atom is -0.310 e. The molecular weight excluding hydrogens is 234 g/mol. The van der Waals surface area contributed by atoms with E-state index in [0.29, 0.717) is 5.92 Å². The fourth-order valence-corrected chi connectivity index (χ4v) is 1.62. The van der Waals surface area contributed by atoms with Crippen molar-refractivity contribution in [2.75, 3.05) is 12.8 Å². The minimum atomic E-state index is 0.155. The molecule has 6 heteroatoms. The summed E-state index contributed by atoms with van der Waals surface area (Å²) < 4.78 is 2.05. The Bertz CT molecular complexity index is 334. The second kappa shape index (κ2) is 6.35. The van der Waals surface area contributed by atoms with Crippen molar-refractivity contribution in [3.05, 3.63) is 5.82 Å². The Balaban J connectivity index is 2.54. The molecule has 1 heterocycles. The van der Waals surface area contributed by atoms with Crippen LogP contribution in [0.15, 0.2) is 0 Å². The standard InChI is InChI=1S/C11H23N5S/c1-9(2)6-12-7-10-13-14-15-16(10)8-11(3,4)17-5/h9,12H,6-8H2,1-5H3. The third-order valence-electron chi connectivity index (χ3n) is 2.52. The van der Waals surface area contributed by atoms with Gasteiger partial charge in [-0.15, -0.1) is 5.10 Å². The van der Waals surface area contributed by atoms with E-state index >= 15 is 0 Å². The van der Waals surface area contributed by atoms with E-state index in [4.69, 9.17) is 0 Å². The van der Waals surface area contributed by atoms with Crippen molar-refractivity contribution in [2.45, 2.75) is 45.5 Å². The van der Waals surface area contributed by atoms with E-state index in [1.165, 1.54) is 0 Å². The van der Waals surface area contributed by atoms with Crippen LogP contribution in [-0.2, 0) is 13.1 Å². The monoisotopic (exact) mass is 257 g/mol. The van der Waals surface area contributed by atoms with Gasteiger partial charge in [0.1, 0.15) is 0 Å². The maximum Gasteiger partial charge on any atom is 0.165 e. The van der Waals surface area contributed by atoms with Crippen molar-refractivity contribution < 1.29 is 0 Å². The highest BCUT2D eigenvalue weighted by atomic mass is 32.2. The van der Waals surface area contributed by atoms with Crippen LogP contribution in [0.5, 0.6) is 0 Å². The van der Waals surface area contributed by atoms with E-state index in [1.54, 1.807) is 0 Å². The molecule has 0 aliphatic heterocycles. The molecule has 0 spiro atoms. The molecule has 0 fully saturated rings. The molecule has 0 aliphatic rings. The first kappa shape index (κ1) is 14.4. The Morgan fingerprint density at radius 3 is 2.71 bits per heavy atom. The average Bonchev–Trinajstić information content (AvgIpc) is 2.65. The van der Waals surface area contributed by atoms with Gasteiger partial charge in [0.15, 0.2) is 5.82 Å². The van der Waals surface area contributed by atoms with Crippen LogP contribution in [-0.4, -0.2) is 37.8 Å². The average molecular weight is 257 g/mol. The molecule has 0 bridgehead atoms. The zero-order valence-electron chi connectivity index (χ0n) is 11.4. The largest absolute Gasteiger partial charge is 0.310 e. The van der Waals surface area contributed by atoms with Gasteiger partial charge >= 0.3 is 0 Å². The number of nitrogens with zero attached hydrogens (tertiary/aromatic N) is 4. The van der Waals surface area contributed by atoms with E-state index in [0.717, 1.165) is 25.5 Å². The molecule has 0 atom stereocenters. The topological polar surface area (TPSA) is 55.6 Å². The van der Waals surface area contributed by atoms with E-state index in [1.807, 2.05) is 16.4 Å². The zero-order valence-corrected chi connectivity index (χ0v) is 12.2. The lowest BCUT2D eigenvalue weighted by atomic mass is 10.2. The Morgan fingerprint density at radius 2 is 2.12 bits per heavy atom. The van der Waals surface area contributed by atoms with Crippen LogP contribution in [0, 0.1) is 5.92 Å². The third-order valence-corrected chi connectivity index (χ3v) is 3.76. The van der Waals surface area contributed by atoms with Gasteiger partial charge in [0, 0.05) is 4.75 Å². The molecular formula is C11H23N5S. The number of tetrazole rings is 1. The van der Waals surface area contributed by atoms with Gasteiger partial charge in [-0.1, -0.05) is 13.8 Å². The predicted octanol–water partition coefficient (Wildman–Crippen LogP) is 1.56. The maximum absolute atomic E-state index is 4.06. The number of hydrogen-bond acceptors (Lipinski definition) is 5. The lowest BCUT2D eigenvalue weighted by molar-refractivity contribution is 0.471. The lowest BCUT2D eigenvalue weighted by Gasteiger charge is -2.21. The molecule has 5 nitrogen and oxygen atoms in total. The SMILES string of the molecule is CSC(C)(C)Cn1nnnc1CNCC(C)C. The minimum absolute atomic E-state index is 0.155. The molecule has 0 saturated heterocycles. The molecule has 0 aromatic carbocycles. The molecule has 98 valence electrons. The summed E-state index contributed by atoms with van der Waals surface area (Å²) in [6.07, 6.45) is 2.11. The number of thioether (sulfide) groups is 1. The normalized spacial score (nSPS) is 12.4. The molecule has 1 aromatic rings. The van der Waals surface area contributed by atoms with Crippen molar-refractivity contribution in [3.8, 4) is 0 Å². The summed E-state index contributed by atoms with van der Waals surface area (Å²) >= 11 is 1.83. The van der Waals surface area contributed by atoms with Crippen LogP contribution in [0.25, 0.3) is 0 Å². The van der Waals surface area contributed by atoms with Gasteiger partial charge in [0.05, 0.1) is 13.1 Å². The first-order chi connectivity index (χ1) is 7.94. The van der Waals surface area contributed by atoms with Crippen molar-refractivity contribution in [1.82, 2.24) is 25.5 Å². The van der Waals surface area contributed by atoms with Gasteiger partial charge in [-0.2, -0.15) is 11.8 Å². The zero-order chi connectivity index (χ0) is 12.9. The molecule has 17 heavy (non-hydrogen) atoms. The highest BCUT2D eigenvalue weighted by Gasteiger charge is 2.19. The molecule has 0 aliphatic carbocycles. The number of rotatable bonds is 7. The summed E-state index contributed by atoms with van der Waals surface area (Å²) in [6, 6.07) is 0. The summed E-state index contributed by atoms with van der Waals surface area (Å²) in [6.45, 7) is 11.3. The van der Waals surface area contributed by atoms with E-state index in [9.17, 15) is 0 Å². The molecule has 0 amide bonds. The number of aromatic nitrogens is 4. The van der Waals surface area contributed by atoms with Crippen LogP contribution >= 0.6 is 11.8 Å². The molecule has 1 rings (SSSR count). The Kier molecular flexibility index (Phi) is 5.39. The van der Waals surface area contributed by atoms with Crippen LogP contribution < -0.4 is 5.32 Å². The molecule has 1 aromatic heterocycles. The van der Waals surface area contributed by atoms with Gasteiger partial charge in [-0.25, -0.2) is 4.68 Å². The lowest BCUT2D eigenvalue weighted by Crippen LogP contribution is -2.27. The van der Waals surface area contributed by atoms with Crippen molar-refractivity contribution in [2.24, 2.45) is 5.92 Å². The van der Waals surface area contributed by atoms with Crippen LogP contribution in [0.1, 0.15) is 33.5 Å². The summed E-state index contributed by atoms with van der Waals surface area (Å²) in [5, 5.41) is 15.2. The Hall–Kier alpha value is -0.620. The molecule has 1 N–H and O–H groups in total. The Labute approximate surface area is 108 Å². The molecule has 0 radical (unpaired) electrons. The van der Waals surface area contributed by atoms with Gasteiger partial charge in [0.25, 0.3) is 0 Å². The summed E-state index contributed by atoms with van der Waals surface area (Å²) in [4.78, 5) is 0. The predicted molar refractivity (Wildman–Crippen MR) is 72.0 cm³/mol. The molecule has 0 saturated carbocycles. The Morgan fingerprint density at radius 1 is 1.41 bits per heavy atom.